The molecular weight excluding hydrogens is 1750 g/mol. The fraction of sp³-hybridized carbons (Fsp3) is 0.0687. The van der Waals surface area contributed by atoms with Crippen LogP contribution in [0.25, 0.3) is 260 Å². The van der Waals surface area contributed by atoms with Crippen molar-refractivity contribution >= 4 is 153 Å². The zero-order valence-corrected chi connectivity index (χ0v) is 79.1. The van der Waals surface area contributed by atoms with Crippen LogP contribution in [0.5, 0.6) is 0 Å². The molecule has 12 nitrogen and oxygen atoms in total. The van der Waals surface area contributed by atoms with Gasteiger partial charge in [-0.1, -0.05) is 358 Å². The average molecular weight is 1840 g/mol. The molecule has 143 heavy (non-hydrogen) atoms. The second kappa shape index (κ2) is 30.9. The van der Waals surface area contributed by atoms with E-state index in [1.807, 2.05) is 18.2 Å². The van der Waals surface area contributed by atoms with E-state index in [4.69, 9.17) is 43.2 Å². The molecule has 9 heterocycles. The Hall–Kier alpha value is -18.3. The first-order valence-electron chi connectivity index (χ1n) is 49.1. The van der Waals surface area contributed by atoms with E-state index < -0.39 is 0 Å². The summed E-state index contributed by atoms with van der Waals surface area (Å²) in [6, 6.07) is 148. The normalized spacial score (nSPS) is 13.6. The third-order valence-electron chi connectivity index (χ3n) is 30.7. The summed E-state index contributed by atoms with van der Waals surface area (Å²) < 4.78 is 27.8. The molecule has 0 fully saturated rings. The summed E-state index contributed by atoms with van der Waals surface area (Å²) in [5.41, 5.74) is 32.4. The van der Waals surface area contributed by atoms with E-state index in [0.29, 0.717) is 17.8 Å². The Morgan fingerprint density at radius 1 is 0.203 bits per heavy atom. The molecule has 0 radical (unpaired) electrons. The smallest absolute Gasteiger partial charge is 0.235 e. The molecule has 31 rings (SSSR count). The first kappa shape index (κ1) is 81.9. The van der Waals surface area contributed by atoms with E-state index in [1.165, 1.54) is 61.2 Å². The zero-order valence-electron chi connectivity index (χ0n) is 79.1. The molecule has 674 valence electrons. The summed E-state index contributed by atoms with van der Waals surface area (Å²) in [4.78, 5) is 32.4. The van der Waals surface area contributed by atoms with Gasteiger partial charge in [-0.15, -0.1) is 0 Å². The fourth-order valence-corrected chi connectivity index (χ4v) is 24.0. The van der Waals surface area contributed by atoms with Gasteiger partial charge in [0.2, 0.25) is 17.8 Å². The Morgan fingerprint density at radius 2 is 0.524 bits per heavy atom. The standard InChI is InChI=1S/C47H31N3O.C43H29N3O.C41H27N3O/c1-47(2)38-23-13-11-22-34(38)40-35-26-25-33-31-20-12-14-24-39(31)50(43(33)44(35)51-45(40)47)46-48-41(29-17-7-4-8-18-29)37-27-36(28-15-5-3-6-16-28)30-19-9-10-21-32(30)42(37)49-46;1-43(2)34-19-11-9-18-31(34)37-32-23-22-30-29-17-10-12-20-36(29)46(39(30)40(32)47-41(37)43)42-44-35-24-21-28(26-13-5-3-6-14-26)25-33(35)38(45-42)27-15-7-4-8-16-27;1-41(2)32-18-10-8-17-29(32)34-30-23-22-28-27-16-9-11-19-33(27)44(37(28)38(30)45-39(34)41)40-42-35(25-13-4-3-5-14-25)31-21-20-24-12-6-7-15-26(24)36(31)43-40/h3-27H,1-2H3;3-25H,1-2H3;3-23H,1-2H3. The van der Waals surface area contributed by atoms with Gasteiger partial charge in [0, 0.05) is 125 Å². The molecule has 0 saturated heterocycles. The number of hydrogen-bond acceptors (Lipinski definition) is 9. The number of hydrogen-bond donors (Lipinski definition) is 0. The molecule has 0 amide bonds. The topological polar surface area (TPSA) is 132 Å². The van der Waals surface area contributed by atoms with Gasteiger partial charge >= 0.3 is 0 Å². The quantitative estimate of drug-likeness (QED) is 0.136. The van der Waals surface area contributed by atoms with Crippen molar-refractivity contribution in [3.05, 3.63) is 453 Å². The molecule has 28 aromatic rings. The highest BCUT2D eigenvalue weighted by Gasteiger charge is 2.45. The van der Waals surface area contributed by atoms with Gasteiger partial charge in [0.05, 0.1) is 50.2 Å². The first-order valence-corrected chi connectivity index (χ1v) is 49.1. The van der Waals surface area contributed by atoms with Crippen molar-refractivity contribution in [2.45, 2.75) is 57.8 Å². The Morgan fingerprint density at radius 3 is 0.958 bits per heavy atom. The van der Waals surface area contributed by atoms with Crippen LogP contribution in [0.1, 0.15) is 75.5 Å². The maximum absolute atomic E-state index is 7.07. The molecule has 0 atom stereocenters. The molecule has 0 unspecified atom stereocenters. The molecule has 0 spiro atoms. The lowest BCUT2D eigenvalue weighted by atomic mass is 9.86. The summed E-state index contributed by atoms with van der Waals surface area (Å²) >= 11 is 0. The van der Waals surface area contributed by atoms with Gasteiger partial charge in [-0.25, -0.2) is 29.9 Å². The number of aromatic nitrogens is 9. The third-order valence-corrected chi connectivity index (χ3v) is 30.7. The zero-order chi connectivity index (χ0) is 95.0. The largest absolute Gasteiger partial charge is 0.457 e. The SMILES string of the molecule is CC1(C)c2ccccc2-c2c1oc1c2ccc2c3ccccc3n(-c3nc(-c4ccccc4)c4cc(-c5ccccc5)c5ccccc5c4n3)c21.CC1(C)c2ccccc2-c2c1oc1c2ccc2c3ccccc3n(-c3nc(-c4ccccc4)c4cc(-c5ccccc5)ccc4n3)c21.CC1(C)c2ccccc2-c2c1oc1c2ccc2c3ccccc3n(-c3nc(-c4ccccc4)c4ccc5ccccc5c4n3)c21. The van der Waals surface area contributed by atoms with Crippen LogP contribution in [0.4, 0.5) is 0 Å². The van der Waals surface area contributed by atoms with E-state index in [1.54, 1.807) is 0 Å². The van der Waals surface area contributed by atoms with Crippen molar-refractivity contribution in [3.63, 3.8) is 0 Å². The molecule has 0 aliphatic heterocycles. The molecule has 0 bridgehead atoms. The number of para-hydroxylation sites is 3. The highest BCUT2D eigenvalue weighted by atomic mass is 16.3. The summed E-state index contributed by atoms with van der Waals surface area (Å²) in [6.07, 6.45) is 0. The Balaban J connectivity index is 0.000000102. The lowest BCUT2D eigenvalue weighted by Crippen LogP contribution is -2.14. The number of benzene rings is 19. The molecule has 19 aromatic carbocycles. The molecule has 0 N–H and O–H groups in total. The number of fused-ring (bicyclic) bond motifs is 34. The summed E-state index contributed by atoms with van der Waals surface area (Å²) in [7, 11) is 0. The molecule has 3 aliphatic rings. The van der Waals surface area contributed by atoms with E-state index in [9.17, 15) is 0 Å². The summed E-state index contributed by atoms with van der Waals surface area (Å²) in [6.45, 7) is 13.6. The molecule has 12 heteroatoms. The minimum Gasteiger partial charge on any atom is -0.457 e. The van der Waals surface area contributed by atoms with Crippen LogP contribution in [0, 0.1) is 0 Å². The van der Waals surface area contributed by atoms with Crippen LogP contribution >= 0.6 is 0 Å². The van der Waals surface area contributed by atoms with E-state index in [-0.39, 0.29) is 16.2 Å². The molecule has 9 aromatic heterocycles. The fourth-order valence-electron chi connectivity index (χ4n) is 24.0. The van der Waals surface area contributed by atoms with Crippen LogP contribution in [-0.4, -0.2) is 43.6 Å². The summed E-state index contributed by atoms with van der Waals surface area (Å²) in [5.74, 6) is 4.90. The first-order chi connectivity index (χ1) is 70.2. The highest BCUT2D eigenvalue weighted by molar-refractivity contribution is 6.24. The minimum atomic E-state index is -0.260. The van der Waals surface area contributed by atoms with Crippen molar-refractivity contribution in [1.29, 1.82) is 0 Å². The van der Waals surface area contributed by atoms with Crippen molar-refractivity contribution in [2.75, 3.05) is 0 Å². The Kier molecular flexibility index (Phi) is 17.7. The van der Waals surface area contributed by atoms with Crippen molar-refractivity contribution < 1.29 is 13.3 Å². The lowest BCUT2D eigenvalue weighted by molar-refractivity contribution is 0.465. The highest BCUT2D eigenvalue weighted by Crippen LogP contribution is 2.59. The van der Waals surface area contributed by atoms with Crippen molar-refractivity contribution in [3.8, 4) is 107 Å². The monoisotopic (exact) mass is 1830 g/mol. The number of nitrogens with zero attached hydrogens (tertiary/aromatic N) is 9. The van der Waals surface area contributed by atoms with E-state index in [2.05, 4.69) is 456 Å². The van der Waals surface area contributed by atoms with Crippen LogP contribution in [0.2, 0.25) is 0 Å². The molecule has 0 saturated carbocycles. The molecular formula is C131H87N9O3. The van der Waals surface area contributed by atoms with E-state index in [0.717, 1.165) is 215 Å². The third kappa shape index (κ3) is 12.0. The van der Waals surface area contributed by atoms with Crippen LogP contribution < -0.4 is 0 Å². The average Bonchev–Trinajstić information content (AvgIpc) is 1.54. The Bertz CT molecular complexity index is 10300. The van der Waals surface area contributed by atoms with Crippen molar-refractivity contribution in [1.82, 2.24) is 43.6 Å². The second-order valence-electron chi connectivity index (χ2n) is 39.7. The van der Waals surface area contributed by atoms with Gasteiger partial charge in [-0.2, -0.15) is 0 Å². The summed E-state index contributed by atoms with van der Waals surface area (Å²) in [5, 5.41) is 17.7. The van der Waals surface area contributed by atoms with Gasteiger partial charge in [-0.3, -0.25) is 13.7 Å². The number of furan rings is 3. The molecule has 3 aliphatic carbocycles. The van der Waals surface area contributed by atoms with Gasteiger partial charge in [0.25, 0.3) is 0 Å². The van der Waals surface area contributed by atoms with Crippen LogP contribution in [0.15, 0.2) is 432 Å². The van der Waals surface area contributed by atoms with Crippen molar-refractivity contribution in [2.24, 2.45) is 0 Å². The van der Waals surface area contributed by atoms with Gasteiger partial charge in [0.1, 0.15) is 33.8 Å². The van der Waals surface area contributed by atoms with Gasteiger partial charge < -0.3 is 13.3 Å². The van der Waals surface area contributed by atoms with Crippen LogP contribution in [-0.2, 0) is 16.2 Å². The predicted octanol–water partition coefficient (Wildman–Crippen LogP) is 34.0. The maximum atomic E-state index is 7.07. The second-order valence-corrected chi connectivity index (χ2v) is 39.7. The predicted molar refractivity (Wildman–Crippen MR) is 586 cm³/mol. The number of rotatable bonds is 8. The Labute approximate surface area is 821 Å². The van der Waals surface area contributed by atoms with Gasteiger partial charge in [-0.05, 0) is 169 Å². The van der Waals surface area contributed by atoms with Gasteiger partial charge in [0.15, 0.2) is 16.7 Å². The maximum Gasteiger partial charge on any atom is 0.235 e. The minimum absolute atomic E-state index is 0.243. The lowest BCUT2D eigenvalue weighted by Gasteiger charge is -2.18. The van der Waals surface area contributed by atoms with Crippen LogP contribution in [0.3, 0.4) is 0 Å². The van der Waals surface area contributed by atoms with E-state index >= 15 is 0 Å².